The number of nitrogens with two attached hydrogens (primary N) is 1. The molecular weight excluding hydrogens is 261 g/mol. The lowest BCUT2D eigenvalue weighted by atomic mass is 10.1. The molecule has 0 atom stereocenters. The molecule has 0 unspecified atom stereocenters. The van der Waals surface area contributed by atoms with E-state index in [-0.39, 0.29) is 23.6 Å². The molecule has 0 heterocycles. The van der Waals surface area contributed by atoms with Gasteiger partial charge in [-0.3, -0.25) is 0 Å². The Labute approximate surface area is 119 Å². The summed E-state index contributed by atoms with van der Waals surface area (Å²) in [5.74, 6) is -0.534. The summed E-state index contributed by atoms with van der Waals surface area (Å²) in [6.45, 7) is 6.56. The summed E-state index contributed by atoms with van der Waals surface area (Å²) in [6.07, 6.45) is 1.83. The lowest BCUT2D eigenvalue weighted by Gasteiger charge is -2.11. The molecule has 0 aliphatic carbocycles. The van der Waals surface area contributed by atoms with Gasteiger partial charge < -0.3 is 15.2 Å². The van der Waals surface area contributed by atoms with Crippen LogP contribution < -0.4 is 10.5 Å². The molecule has 1 aromatic rings. The monoisotopic (exact) mass is 283 g/mol. The topological polar surface area (TPSA) is 61.5 Å². The molecule has 1 rings (SSSR count). The molecule has 0 amide bonds. The van der Waals surface area contributed by atoms with Crippen LogP contribution in [0.3, 0.4) is 0 Å². The zero-order valence-corrected chi connectivity index (χ0v) is 12.2. The first-order valence-corrected chi connectivity index (χ1v) is 6.84. The first-order chi connectivity index (χ1) is 9.45. The average Bonchev–Trinajstić information content (AvgIpc) is 2.36. The van der Waals surface area contributed by atoms with Crippen molar-refractivity contribution < 1.29 is 18.7 Å². The van der Waals surface area contributed by atoms with Gasteiger partial charge in [-0.25, -0.2) is 9.18 Å². The summed E-state index contributed by atoms with van der Waals surface area (Å²) in [6, 6.07) is 2.39. The summed E-state index contributed by atoms with van der Waals surface area (Å²) >= 11 is 0. The molecule has 0 saturated heterocycles. The van der Waals surface area contributed by atoms with Crippen molar-refractivity contribution in [3.8, 4) is 5.75 Å². The van der Waals surface area contributed by atoms with Gasteiger partial charge in [0.1, 0.15) is 0 Å². The second kappa shape index (κ2) is 7.72. The zero-order chi connectivity index (χ0) is 15.1. The summed E-state index contributed by atoms with van der Waals surface area (Å²) < 4.78 is 23.9. The Bertz CT molecular complexity index is 461. The highest BCUT2D eigenvalue weighted by molar-refractivity contribution is 5.95. The third-order valence-electron chi connectivity index (χ3n) is 2.78. The van der Waals surface area contributed by atoms with Crippen molar-refractivity contribution in [3.05, 3.63) is 23.5 Å². The number of halogens is 1. The van der Waals surface area contributed by atoms with Crippen LogP contribution >= 0.6 is 0 Å². The van der Waals surface area contributed by atoms with Gasteiger partial charge >= 0.3 is 5.97 Å². The molecule has 20 heavy (non-hydrogen) atoms. The highest BCUT2D eigenvalue weighted by Gasteiger charge is 2.16. The number of hydrogen-bond donors (Lipinski definition) is 1. The molecule has 1 aromatic carbocycles. The van der Waals surface area contributed by atoms with Crippen LogP contribution in [-0.2, 0) is 4.74 Å². The van der Waals surface area contributed by atoms with Gasteiger partial charge in [-0.15, -0.1) is 0 Å². The van der Waals surface area contributed by atoms with E-state index in [1.807, 2.05) is 0 Å². The normalized spacial score (nSPS) is 10.7. The first kappa shape index (κ1) is 16.3. The highest BCUT2D eigenvalue weighted by Crippen LogP contribution is 2.25. The second-order valence-corrected chi connectivity index (χ2v) is 4.97. The van der Waals surface area contributed by atoms with E-state index in [1.165, 1.54) is 6.07 Å². The number of carbonyl (C=O) groups is 1. The van der Waals surface area contributed by atoms with Crippen molar-refractivity contribution in [1.29, 1.82) is 0 Å². The van der Waals surface area contributed by atoms with Crippen LogP contribution in [0, 0.1) is 11.7 Å². The van der Waals surface area contributed by atoms with E-state index in [0.717, 1.165) is 18.9 Å². The number of ether oxygens (including phenoxy) is 2. The van der Waals surface area contributed by atoms with E-state index >= 15 is 0 Å². The van der Waals surface area contributed by atoms with Crippen LogP contribution in [0.1, 0.15) is 44.0 Å². The zero-order valence-electron chi connectivity index (χ0n) is 12.2. The van der Waals surface area contributed by atoms with Gasteiger partial charge in [-0.2, -0.15) is 0 Å². The van der Waals surface area contributed by atoms with Gasteiger partial charge in [0.15, 0.2) is 11.6 Å². The Balaban J connectivity index is 2.75. The third kappa shape index (κ3) is 4.72. The predicted octanol–water partition coefficient (Wildman–Crippen LogP) is 3.40. The maximum absolute atomic E-state index is 13.7. The molecule has 0 aromatic heterocycles. The van der Waals surface area contributed by atoms with Gasteiger partial charge in [-0.1, -0.05) is 13.8 Å². The molecular formula is C15H22FNO3. The standard InChI is InChI=1S/C15H22FNO3/c1-4-19-15(18)11-8-14(12(16)9-13(11)17)20-7-5-6-10(2)3/h8-10H,4-7,17H2,1-3H3. The number of nitrogen functional groups attached to an aromatic ring is 1. The van der Waals surface area contributed by atoms with Crippen LogP contribution in [-0.4, -0.2) is 19.2 Å². The maximum atomic E-state index is 13.7. The number of anilines is 1. The van der Waals surface area contributed by atoms with Crippen molar-refractivity contribution in [2.75, 3.05) is 18.9 Å². The second-order valence-electron chi connectivity index (χ2n) is 4.97. The van der Waals surface area contributed by atoms with E-state index in [1.54, 1.807) is 6.92 Å². The van der Waals surface area contributed by atoms with Gasteiger partial charge in [0.2, 0.25) is 0 Å². The van der Waals surface area contributed by atoms with Gasteiger partial charge in [-0.05, 0) is 31.7 Å². The number of benzene rings is 1. The van der Waals surface area contributed by atoms with Crippen LogP contribution in [0.25, 0.3) is 0 Å². The number of hydrogen-bond acceptors (Lipinski definition) is 4. The van der Waals surface area contributed by atoms with E-state index in [0.29, 0.717) is 12.5 Å². The minimum Gasteiger partial charge on any atom is -0.490 e. The molecule has 5 heteroatoms. The van der Waals surface area contributed by atoms with Gasteiger partial charge in [0.25, 0.3) is 0 Å². The minimum absolute atomic E-state index is 0.0333. The Morgan fingerprint density at radius 3 is 2.70 bits per heavy atom. The fraction of sp³-hybridized carbons (Fsp3) is 0.533. The lowest BCUT2D eigenvalue weighted by Crippen LogP contribution is -2.10. The van der Waals surface area contributed by atoms with Crippen molar-refractivity contribution in [3.63, 3.8) is 0 Å². The van der Waals surface area contributed by atoms with Crippen molar-refractivity contribution >= 4 is 11.7 Å². The highest BCUT2D eigenvalue weighted by atomic mass is 19.1. The van der Waals surface area contributed by atoms with Crippen molar-refractivity contribution in [2.45, 2.75) is 33.6 Å². The molecule has 0 fully saturated rings. The fourth-order valence-corrected chi connectivity index (χ4v) is 1.74. The summed E-state index contributed by atoms with van der Waals surface area (Å²) in [5.41, 5.74) is 5.80. The third-order valence-corrected chi connectivity index (χ3v) is 2.78. The molecule has 4 nitrogen and oxygen atoms in total. The van der Waals surface area contributed by atoms with Gasteiger partial charge in [0.05, 0.1) is 18.8 Å². The Morgan fingerprint density at radius 2 is 2.10 bits per heavy atom. The number of carbonyl (C=O) groups excluding carboxylic acids is 1. The van der Waals surface area contributed by atoms with E-state index in [9.17, 15) is 9.18 Å². The molecule has 0 bridgehead atoms. The summed E-state index contributed by atoms with van der Waals surface area (Å²) in [4.78, 5) is 11.7. The van der Waals surface area contributed by atoms with Crippen LogP contribution in [0.2, 0.25) is 0 Å². The summed E-state index contributed by atoms with van der Waals surface area (Å²) in [7, 11) is 0. The molecule has 0 aliphatic heterocycles. The Morgan fingerprint density at radius 1 is 1.40 bits per heavy atom. The van der Waals surface area contributed by atoms with Crippen LogP contribution in [0.15, 0.2) is 12.1 Å². The maximum Gasteiger partial charge on any atom is 0.340 e. The van der Waals surface area contributed by atoms with Gasteiger partial charge in [0, 0.05) is 11.8 Å². The van der Waals surface area contributed by atoms with E-state index in [4.69, 9.17) is 15.2 Å². The smallest absolute Gasteiger partial charge is 0.340 e. The molecule has 0 aliphatic rings. The molecule has 112 valence electrons. The average molecular weight is 283 g/mol. The molecule has 0 saturated carbocycles. The molecule has 2 N–H and O–H groups in total. The fourth-order valence-electron chi connectivity index (χ4n) is 1.74. The van der Waals surface area contributed by atoms with E-state index in [2.05, 4.69) is 13.8 Å². The van der Waals surface area contributed by atoms with Crippen LogP contribution in [0.4, 0.5) is 10.1 Å². The lowest BCUT2D eigenvalue weighted by molar-refractivity contribution is 0.0527. The number of esters is 1. The van der Waals surface area contributed by atoms with E-state index < -0.39 is 11.8 Å². The molecule has 0 spiro atoms. The summed E-state index contributed by atoms with van der Waals surface area (Å²) in [5, 5.41) is 0. The Kier molecular flexibility index (Phi) is 6.28. The largest absolute Gasteiger partial charge is 0.490 e. The Hall–Kier alpha value is -1.78. The predicted molar refractivity (Wildman–Crippen MR) is 76.3 cm³/mol. The van der Waals surface area contributed by atoms with Crippen LogP contribution in [0.5, 0.6) is 5.75 Å². The molecule has 0 radical (unpaired) electrons. The quantitative estimate of drug-likeness (QED) is 0.473. The van der Waals surface area contributed by atoms with Crippen molar-refractivity contribution in [2.24, 2.45) is 5.92 Å². The first-order valence-electron chi connectivity index (χ1n) is 6.84. The minimum atomic E-state index is -0.572. The SMILES string of the molecule is CCOC(=O)c1cc(OCCCC(C)C)c(F)cc1N. The van der Waals surface area contributed by atoms with Crippen molar-refractivity contribution in [1.82, 2.24) is 0 Å². The number of rotatable bonds is 7.